The molecule has 0 radical (unpaired) electrons. The second kappa shape index (κ2) is 9.96. The summed E-state index contributed by atoms with van der Waals surface area (Å²) in [6.07, 6.45) is -1.86. The number of nitrogens with one attached hydrogen (secondary N) is 2. The third-order valence-electron chi connectivity index (χ3n) is 6.68. The van der Waals surface area contributed by atoms with Crippen LogP contribution in [-0.4, -0.2) is 44.8 Å². The van der Waals surface area contributed by atoms with Crippen LogP contribution in [0, 0.1) is 0 Å². The molecule has 1 aliphatic heterocycles. The Morgan fingerprint density at radius 1 is 1.08 bits per heavy atom. The normalized spacial score (nSPS) is 14.8. The van der Waals surface area contributed by atoms with Crippen LogP contribution in [0.2, 0.25) is 0 Å². The molecule has 0 bridgehead atoms. The van der Waals surface area contributed by atoms with Crippen molar-refractivity contribution in [3.05, 3.63) is 77.3 Å². The van der Waals surface area contributed by atoms with E-state index < -0.39 is 12.0 Å². The van der Waals surface area contributed by atoms with E-state index in [-0.39, 0.29) is 45.9 Å². The zero-order chi connectivity index (χ0) is 27.0. The number of imidazole rings is 1. The van der Waals surface area contributed by atoms with E-state index in [0.717, 1.165) is 5.56 Å². The number of hydrogen-bond acceptors (Lipinski definition) is 5. The van der Waals surface area contributed by atoms with Gasteiger partial charge in [-0.05, 0) is 48.6 Å². The van der Waals surface area contributed by atoms with Crippen molar-refractivity contribution in [1.82, 2.24) is 19.9 Å². The van der Waals surface area contributed by atoms with Gasteiger partial charge in [0.2, 0.25) is 5.82 Å². The molecule has 2 amide bonds. The molecule has 198 valence electrons. The molecule has 0 saturated carbocycles. The van der Waals surface area contributed by atoms with Crippen LogP contribution < -0.4 is 5.32 Å². The Bertz CT molecular complexity index is 1470. The number of likely N-dealkylation sites (tertiary alicyclic amines) is 1. The monoisotopic (exact) mass is 525 g/mol. The summed E-state index contributed by atoms with van der Waals surface area (Å²) >= 11 is 0. The predicted octanol–water partition coefficient (Wildman–Crippen LogP) is 5.97. The Labute approximate surface area is 216 Å². The molecule has 2 N–H and O–H groups in total. The van der Waals surface area contributed by atoms with Crippen molar-refractivity contribution in [2.24, 2.45) is 0 Å². The molecule has 0 spiro atoms. The summed E-state index contributed by atoms with van der Waals surface area (Å²) in [4.78, 5) is 37.4. The number of H-pyrrole nitrogens is 1. The van der Waals surface area contributed by atoms with Gasteiger partial charge in [-0.2, -0.15) is 13.2 Å². The molecule has 2 aromatic heterocycles. The zero-order valence-electron chi connectivity index (χ0n) is 20.8. The molecule has 0 aliphatic carbocycles. The van der Waals surface area contributed by atoms with E-state index in [1.165, 1.54) is 18.4 Å². The lowest BCUT2D eigenvalue weighted by Gasteiger charge is -2.32. The fourth-order valence-corrected chi connectivity index (χ4v) is 4.62. The van der Waals surface area contributed by atoms with Gasteiger partial charge in [0, 0.05) is 24.7 Å². The summed E-state index contributed by atoms with van der Waals surface area (Å²) in [6, 6.07) is 12.1. The summed E-state index contributed by atoms with van der Waals surface area (Å²) in [5.41, 5.74) is 2.29. The number of aromatic nitrogens is 3. The number of rotatable bonds is 5. The Hall–Kier alpha value is -4.15. The number of alkyl halides is 3. The van der Waals surface area contributed by atoms with Crippen LogP contribution in [0.5, 0.6) is 0 Å². The van der Waals surface area contributed by atoms with Crippen LogP contribution in [0.1, 0.15) is 76.6 Å². The summed E-state index contributed by atoms with van der Waals surface area (Å²) in [7, 11) is 0. The van der Waals surface area contributed by atoms with E-state index in [9.17, 15) is 22.8 Å². The van der Waals surface area contributed by atoms with Crippen molar-refractivity contribution >= 4 is 28.5 Å². The largest absolute Gasteiger partial charge is 0.449 e. The quantitative estimate of drug-likeness (QED) is 0.334. The highest BCUT2D eigenvalue weighted by Crippen LogP contribution is 2.32. The predicted molar refractivity (Wildman–Crippen MR) is 134 cm³/mol. The minimum absolute atomic E-state index is 0.0237. The molecule has 1 saturated heterocycles. The van der Waals surface area contributed by atoms with Gasteiger partial charge in [0.1, 0.15) is 11.8 Å². The SMILES string of the molecule is CC(C)c1nc(C(=O)Nc2ccc(C3CCN(C(=O)c4cccc5[nH]c(C(F)(F)F)nc45)CC3)cc2)co1. The number of amides is 2. The van der Waals surface area contributed by atoms with Crippen LogP contribution in [0.3, 0.4) is 0 Å². The molecule has 5 rings (SSSR count). The number of benzene rings is 2. The third-order valence-corrected chi connectivity index (χ3v) is 6.68. The van der Waals surface area contributed by atoms with Crippen LogP contribution in [0.4, 0.5) is 18.9 Å². The number of nitrogens with zero attached hydrogens (tertiary/aromatic N) is 3. The number of aromatic amines is 1. The van der Waals surface area contributed by atoms with Crippen molar-refractivity contribution in [2.75, 3.05) is 18.4 Å². The van der Waals surface area contributed by atoms with Crippen molar-refractivity contribution < 1.29 is 27.2 Å². The van der Waals surface area contributed by atoms with Crippen molar-refractivity contribution in [3.63, 3.8) is 0 Å². The van der Waals surface area contributed by atoms with Gasteiger partial charge in [-0.3, -0.25) is 9.59 Å². The van der Waals surface area contributed by atoms with Gasteiger partial charge in [-0.25, -0.2) is 9.97 Å². The molecule has 8 nitrogen and oxygen atoms in total. The third kappa shape index (κ3) is 5.13. The van der Waals surface area contributed by atoms with Gasteiger partial charge >= 0.3 is 6.18 Å². The van der Waals surface area contributed by atoms with Crippen molar-refractivity contribution in [3.8, 4) is 0 Å². The van der Waals surface area contributed by atoms with Crippen molar-refractivity contribution in [1.29, 1.82) is 0 Å². The zero-order valence-corrected chi connectivity index (χ0v) is 20.8. The summed E-state index contributed by atoms with van der Waals surface area (Å²) in [5.74, 6) is -1.00. The smallest absolute Gasteiger partial charge is 0.448 e. The Balaban J connectivity index is 1.21. The van der Waals surface area contributed by atoms with Crippen molar-refractivity contribution in [2.45, 2.75) is 44.7 Å². The Kier molecular flexibility index (Phi) is 6.68. The number of carbonyl (C=O) groups is 2. The molecular weight excluding hydrogens is 499 g/mol. The van der Waals surface area contributed by atoms with E-state index in [2.05, 4.69) is 20.3 Å². The minimum atomic E-state index is -4.62. The highest BCUT2D eigenvalue weighted by molar-refractivity contribution is 6.05. The molecule has 11 heteroatoms. The molecule has 1 aliphatic rings. The molecule has 1 fully saturated rings. The van der Waals surface area contributed by atoms with E-state index in [0.29, 0.717) is 37.5 Å². The lowest BCUT2D eigenvalue weighted by molar-refractivity contribution is -0.144. The molecule has 0 unspecified atom stereocenters. The average Bonchev–Trinajstić information content (AvgIpc) is 3.57. The first-order valence-corrected chi connectivity index (χ1v) is 12.3. The van der Waals surface area contributed by atoms with E-state index in [1.807, 2.05) is 38.1 Å². The maximum absolute atomic E-state index is 13.2. The standard InChI is InChI=1S/C27H26F3N5O3/c1-15(2)24-32-21(14-38-24)23(36)31-18-8-6-16(7-9-18)17-10-12-35(13-11-17)25(37)19-4-3-5-20-22(19)34-26(33-20)27(28,29)30/h3-9,14-15,17H,10-13H2,1-2H3,(H,31,36)(H,33,34). The number of carbonyl (C=O) groups excluding carboxylic acids is 2. The number of hydrogen-bond donors (Lipinski definition) is 2. The first kappa shape index (κ1) is 25.5. The maximum atomic E-state index is 13.2. The molecule has 4 aromatic rings. The number of halogens is 3. The lowest BCUT2D eigenvalue weighted by atomic mass is 9.89. The number of anilines is 1. The number of piperidine rings is 1. The highest BCUT2D eigenvalue weighted by atomic mass is 19.4. The average molecular weight is 526 g/mol. The van der Waals surface area contributed by atoms with E-state index in [4.69, 9.17) is 4.42 Å². The molecule has 38 heavy (non-hydrogen) atoms. The lowest BCUT2D eigenvalue weighted by Crippen LogP contribution is -2.38. The Morgan fingerprint density at radius 3 is 2.42 bits per heavy atom. The van der Waals surface area contributed by atoms with Crippen LogP contribution >= 0.6 is 0 Å². The summed E-state index contributed by atoms with van der Waals surface area (Å²) in [6.45, 7) is 4.80. The van der Waals surface area contributed by atoms with Gasteiger partial charge in [0.15, 0.2) is 11.6 Å². The fraction of sp³-hybridized carbons (Fsp3) is 0.333. The maximum Gasteiger partial charge on any atom is 0.449 e. The number of para-hydroxylation sites is 1. The summed E-state index contributed by atoms with van der Waals surface area (Å²) in [5, 5.41) is 2.81. The van der Waals surface area contributed by atoms with Crippen LogP contribution in [-0.2, 0) is 6.18 Å². The summed E-state index contributed by atoms with van der Waals surface area (Å²) < 4.78 is 44.6. The Morgan fingerprint density at radius 2 is 1.79 bits per heavy atom. The first-order valence-electron chi connectivity index (χ1n) is 12.3. The second-order valence-electron chi connectivity index (χ2n) is 9.65. The van der Waals surface area contributed by atoms with Gasteiger partial charge < -0.3 is 19.6 Å². The number of oxazole rings is 1. The molecular formula is C27H26F3N5O3. The topological polar surface area (TPSA) is 104 Å². The van der Waals surface area contributed by atoms with E-state index >= 15 is 0 Å². The fourth-order valence-electron chi connectivity index (χ4n) is 4.62. The van der Waals surface area contributed by atoms with Crippen LogP contribution in [0.15, 0.2) is 53.1 Å². The van der Waals surface area contributed by atoms with Gasteiger partial charge in [0.05, 0.1) is 11.1 Å². The van der Waals surface area contributed by atoms with Gasteiger partial charge in [-0.15, -0.1) is 0 Å². The highest BCUT2D eigenvalue weighted by Gasteiger charge is 2.35. The van der Waals surface area contributed by atoms with Gasteiger partial charge in [-0.1, -0.05) is 32.0 Å². The van der Waals surface area contributed by atoms with E-state index in [1.54, 1.807) is 11.0 Å². The number of fused-ring (bicyclic) bond motifs is 1. The van der Waals surface area contributed by atoms with Crippen LogP contribution in [0.25, 0.3) is 11.0 Å². The minimum Gasteiger partial charge on any atom is -0.448 e. The van der Waals surface area contributed by atoms with Gasteiger partial charge in [0.25, 0.3) is 11.8 Å². The molecule has 2 aromatic carbocycles. The second-order valence-corrected chi connectivity index (χ2v) is 9.65. The molecule has 0 atom stereocenters. The first-order chi connectivity index (χ1) is 18.1. The molecule has 3 heterocycles.